The molecule has 1 aromatic carbocycles. The van der Waals surface area contributed by atoms with E-state index in [0.29, 0.717) is 5.66 Å². The van der Waals surface area contributed by atoms with E-state index in [1.807, 2.05) is 53.7 Å². The van der Waals surface area contributed by atoms with Crippen LogP contribution in [0.2, 0.25) is 0 Å². The van der Waals surface area contributed by atoms with E-state index >= 15 is 0 Å². The first-order valence-corrected chi connectivity index (χ1v) is 21.5. The van der Waals surface area contributed by atoms with Crippen molar-refractivity contribution in [2.24, 2.45) is 0 Å². The summed E-state index contributed by atoms with van der Waals surface area (Å²) < 4.78 is 0. The summed E-state index contributed by atoms with van der Waals surface area (Å²) in [6.45, 7) is 26.8. The summed E-state index contributed by atoms with van der Waals surface area (Å²) in [5, 5.41) is 1.95. The monoisotopic (exact) mass is 685 g/mol. The zero-order valence-electron chi connectivity index (χ0n) is 29.1. The maximum absolute atomic E-state index is 4.57. The number of nitrogens with zero attached hydrogens (tertiary/aromatic N) is 1. The van der Waals surface area contributed by atoms with Gasteiger partial charge < -0.3 is 0 Å². The molecule has 1 nitrogen and oxygen atoms in total. The van der Waals surface area contributed by atoms with Crippen molar-refractivity contribution in [1.29, 1.82) is 0 Å². The second kappa shape index (κ2) is 25.3. The van der Waals surface area contributed by atoms with Crippen molar-refractivity contribution in [2.75, 3.05) is 6.16 Å². The van der Waals surface area contributed by atoms with Gasteiger partial charge >= 0.3 is 239 Å². The van der Waals surface area contributed by atoms with Crippen molar-refractivity contribution in [3.63, 3.8) is 0 Å². The summed E-state index contributed by atoms with van der Waals surface area (Å²) in [5.74, 6) is 2.46. The topological polar surface area (TPSA) is 12.9 Å². The van der Waals surface area contributed by atoms with Crippen molar-refractivity contribution in [2.45, 2.75) is 101 Å². The number of benzene rings is 1. The molecule has 0 saturated carbocycles. The fourth-order valence-corrected chi connectivity index (χ4v) is 11.3. The molecule has 0 radical (unpaired) electrons. The molecule has 0 amide bonds. The van der Waals surface area contributed by atoms with Gasteiger partial charge in [0, 0.05) is 0 Å². The average Bonchev–Trinajstić information content (AvgIpc) is 3.45. The number of allylic oxidation sites excluding steroid dienone is 11. The molecule has 0 saturated heterocycles. The quantitative estimate of drug-likeness (QED) is 0.110. The standard InChI is InChI=1S/C33H43BrNPS.3C2H6/c1-7-9-11-16-24-36(34,30(5)20-13-10-8-2,33-21-14-12-15-22-33)25-23-28(3)18-17-19-29(4)26-32-27-37-31(6)35-32;3*1-2/h7-16,18,20-22,24,26-27,30H,1,17,19,23,25H2,2-6H3;3*1-2H3/b10-8-,11-9-,20-13-,24-16+,28-18-,29-26+;;;. The zero-order chi connectivity index (χ0) is 33.2. The molecular formula is C39H61BrNPS. The van der Waals surface area contributed by atoms with E-state index in [1.165, 1.54) is 16.5 Å². The second-order valence-corrected chi connectivity index (χ2v) is 20.4. The normalized spacial score (nSPS) is 13.9. The van der Waals surface area contributed by atoms with Gasteiger partial charge in [0.25, 0.3) is 0 Å². The SMILES string of the molecule is C=C/C=C\C=C\P(Br)(CC/C(C)=C\CC/C(C)=C/c1csc(C)n1)(c1ccccc1)C(C)/C=C\C=C/C.CC.CC.CC. The van der Waals surface area contributed by atoms with E-state index in [1.54, 1.807) is 11.3 Å². The molecule has 0 aliphatic heterocycles. The maximum Gasteiger partial charge on any atom is -0.0683 e. The van der Waals surface area contributed by atoms with Crippen LogP contribution in [0.5, 0.6) is 0 Å². The number of halogens is 1. The average molecular weight is 687 g/mol. The Labute approximate surface area is 279 Å². The van der Waals surface area contributed by atoms with E-state index in [9.17, 15) is 0 Å². The number of rotatable bonds is 14. The Morgan fingerprint density at radius 3 is 2.14 bits per heavy atom. The van der Waals surface area contributed by atoms with Gasteiger partial charge in [0.2, 0.25) is 0 Å². The number of thiazole rings is 1. The third-order valence-corrected chi connectivity index (χ3v) is 17.8. The molecule has 0 N–H and O–H groups in total. The molecule has 2 aromatic rings. The van der Waals surface area contributed by atoms with Crippen LogP contribution in [-0.4, -0.2) is 16.8 Å². The Morgan fingerprint density at radius 1 is 0.930 bits per heavy atom. The van der Waals surface area contributed by atoms with Gasteiger partial charge in [0.1, 0.15) is 0 Å². The van der Waals surface area contributed by atoms with Crippen LogP contribution in [0.4, 0.5) is 0 Å². The largest absolute Gasteiger partial charge is 0.0683 e. The summed E-state index contributed by atoms with van der Waals surface area (Å²) in [6.07, 6.45) is 25.7. The van der Waals surface area contributed by atoms with Crippen LogP contribution in [-0.2, 0) is 0 Å². The predicted octanol–water partition coefficient (Wildman–Crippen LogP) is 14.0. The molecule has 1 atom stereocenters. The summed E-state index contributed by atoms with van der Waals surface area (Å²) in [6, 6.07) is 11.0. The molecule has 1 unspecified atom stereocenters. The third-order valence-electron chi connectivity index (χ3n) is 6.70. The van der Waals surface area contributed by atoms with Crippen molar-refractivity contribution < 1.29 is 0 Å². The van der Waals surface area contributed by atoms with Gasteiger partial charge in [0.05, 0.1) is 0 Å². The smallest absolute Gasteiger partial charge is 0.0683 e. The van der Waals surface area contributed by atoms with Crippen LogP contribution in [0.15, 0.2) is 114 Å². The molecular weight excluding hydrogens is 625 g/mol. The van der Waals surface area contributed by atoms with E-state index in [-0.39, 0.29) is 0 Å². The Morgan fingerprint density at radius 2 is 1.58 bits per heavy atom. The third kappa shape index (κ3) is 15.5. The Hall–Kier alpha value is -2.06. The Balaban J connectivity index is 0. The molecule has 0 bridgehead atoms. The van der Waals surface area contributed by atoms with Gasteiger partial charge in [-0.3, -0.25) is 0 Å². The summed E-state index contributed by atoms with van der Waals surface area (Å²) >= 11 is 6.20. The van der Waals surface area contributed by atoms with Gasteiger partial charge in [-0.15, -0.1) is 0 Å². The Bertz CT molecular complexity index is 1180. The number of hydrogen-bond acceptors (Lipinski definition) is 2. The van der Waals surface area contributed by atoms with Crippen LogP contribution < -0.4 is 5.30 Å². The van der Waals surface area contributed by atoms with Crippen molar-refractivity contribution in [1.82, 2.24) is 4.98 Å². The van der Waals surface area contributed by atoms with Crippen molar-refractivity contribution >= 4 is 43.5 Å². The van der Waals surface area contributed by atoms with Gasteiger partial charge in [-0.05, 0) is 0 Å². The van der Waals surface area contributed by atoms with Crippen LogP contribution in [0.25, 0.3) is 6.08 Å². The van der Waals surface area contributed by atoms with Gasteiger partial charge in [-0.25, -0.2) is 0 Å². The van der Waals surface area contributed by atoms with Crippen molar-refractivity contribution in [3.8, 4) is 0 Å². The Kier molecular flexibility index (Phi) is 25.3. The first kappa shape index (κ1) is 43.1. The van der Waals surface area contributed by atoms with Crippen LogP contribution in [0.3, 0.4) is 0 Å². The molecule has 240 valence electrons. The first-order chi connectivity index (χ1) is 20.7. The van der Waals surface area contributed by atoms with E-state index in [0.717, 1.165) is 36.1 Å². The van der Waals surface area contributed by atoms with E-state index < -0.39 is 5.31 Å². The first-order valence-electron chi connectivity index (χ1n) is 16.0. The summed E-state index contributed by atoms with van der Waals surface area (Å²) in [7, 11) is 0. The van der Waals surface area contributed by atoms with Gasteiger partial charge in [0.15, 0.2) is 0 Å². The number of aromatic nitrogens is 1. The molecule has 4 heteroatoms. The minimum absolute atomic E-state index is 0.331. The molecule has 43 heavy (non-hydrogen) atoms. The summed E-state index contributed by atoms with van der Waals surface area (Å²) in [4.78, 5) is 4.57. The minimum Gasteiger partial charge on any atom is -0.0683 e. The molecule has 0 spiro atoms. The van der Waals surface area contributed by atoms with E-state index in [2.05, 4.69) is 152 Å². The number of aryl methyl sites for hydroxylation is 1. The minimum atomic E-state index is -2.69. The van der Waals surface area contributed by atoms with E-state index in [4.69, 9.17) is 0 Å². The van der Waals surface area contributed by atoms with Gasteiger partial charge in [-0.1, -0.05) is 41.5 Å². The summed E-state index contributed by atoms with van der Waals surface area (Å²) in [5.41, 5.74) is 4.23. The molecule has 0 aliphatic rings. The molecule has 2 rings (SSSR count). The van der Waals surface area contributed by atoms with Crippen molar-refractivity contribution in [3.05, 3.63) is 125 Å². The van der Waals surface area contributed by atoms with Crippen LogP contribution >= 0.6 is 32.1 Å². The van der Waals surface area contributed by atoms with Crippen LogP contribution in [0.1, 0.15) is 99.2 Å². The molecule has 1 aromatic heterocycles. The zero-order valence-corrected chi connectivity index (χ0v) is 32.4. The second-order valence-electron chi connectivity index (χ2n) is 9.62. The fraction of sp³-hybridized carbons (Fsp3) is 0.410. The van der Waals surface area contributed by atoms with Crippen LogP contribution in [0, 0.1) is 6.92 Å². The van der Waals surface area contributed by atoms with Gasteiger partial charge in [-0.2, -0.15) is 0 Å². The number of hydrogen-bond donors (Lipinski definition) is 0. The fourth-order valence-electron chi connectivity index (χ4n) is 4.35. The molecule has 0 aliphatic carbocycles. The molecule has 0 fully saturated rings. The maximum atomic E-state index is 4.57. The predicted molar refractivity (Wildman–Crippen MR) is 211 cm³/mol. The molecule has 1 heterocycles.